The number of hydrogen-bond acceptors (Lipinski definition) is 5. The van der Waals surface area contributed by atoms with Gasteiger partial charge in [-0.25, -0.2) is 22.5 Å². The van der Waals surface area contributed by atoms with Crippen molar-refractivity contribution < 1.29 is 17.5 Å². The molecule has 0 unspecified atom stereocenters. The van der Waals surface area contributed by atoms with E-state index in [1.807, 2.05) is 17.5 Å². The van der Waals surface area contributed by atoms with E-state index in [2.05, 4.69) is 9.71 Å². The SMILES string of the molecule is COc1cc(C)c(S(=O)(=O)NCc2sc3nc(-c4ccc(F)cc4)cn3c2C)cc1Cl. The molecule has 0 aliphatic carbocycles. The average molecular weight is 480 g/mol. The summed E-state index contributed by atoms with van der Waals surface area (Å²) in [6.07, 6.45) is 1.86. The van der Waals surface area contributed by atoms with E-state index in [1.54, 1.807) is 25.1 Å². The smallest absolute Gasteiger partial charge is 0.241 e. The molecule has 0 fully saturated rings. The summed E-state index contributed by atoms with van der Waals surface area (Å²) in [5, 5.41) is 0.229. The van der Waals surface area contributed by atoms with Gasteiger partial charge in [-0.15, -0.1) is 0 Å². The molecule has 0 aliphatic rings. The van der Waals surface area contributed by atoms with Gasteiger partial charge < -0.3 is 4.74 Å². The number of benzene rings is 2. The molecule has 4 rings (SSSR count). The zero-order valence-electron chi connectivity index (χ0n) is 16.9. The Bertz CT molecular complexity index is 1380. The number of imidazole rings is 1. The van der Waals surface area contributed by atoms with Crippen molar-refractivity contribution in [3.8, 4) is 17.0 Å². The number of rotatable bonds is 6. The van der Waals surface area contributed by atoms with Crippen LogP contribution in [0, 0.1) is 19.7 Å². The monoisotopic (exact) mass is 479 g/mol. The van der Waals surface area contributed by atoms with Crippen LogP contribution in [0.25, 0.3) is 16.2 Å². The average Bonchev–Trinajstić information content (AvgIpc) is 3.27. The molecule has 31 heavy (non-hydrogen) atoms. The predicted octanol–water partition coefficient (Wildman–Crippen LogP) is 4.96. The number of nitrogens with one attached hydrogen (secondary N) is 1. The van der Waals surface area contributed by atoms with Crippen LogP contribution in [0.4, 0.5) is 4.39 Å². The Morgan fingerprint density at radius 1 is 1.23 bits per heavy atom. The highest BCUT2D eigenvalue weighted by molar-refractivity contribution is 7.89. The molecule has 2 aromatic heterocycles. The van der Waals surface area contributed by atoms with Gasteiger partial charge >= 0.3 is 0 Å². The first kappa shape index (κ1) is 21.8. The van der Waals surface area contributed by atoms with Gasteiger partial charge in [0.2, 0.25) is 10.0 Å². The standard InChI is InChI=1S/C21H19ClFN3O3S2/c1-12-8-18(29-3)16(22)9-20(12)31(27,28)24-10-19-13(2)26-11-17(25-21(26)30-19)14-4-6-15(23)7-5-14/h4-9,11,24H,10H2,1-3H3. The van der Waals surface area contributed by atoms with Crippen molar-refractivity contribution in [3.05, 3.63) is 69.6 Å². The Labute approximate surface area is 188 Å². The summed E-state index contributed by atoms with van der Waals surface area (Å²) < 4.78 is 48.5. The quantitative estimate of drug-likeness (QED) is 0.424. The normalized spacial score (nSPS) is 11.9. The third-order valence-corrected chi connectivity index (χ3v) is 7.95. The van der Waals surface area contributed by atoms with E-state index in [-0.39, 0.29) is 22.3 Å². The van der Waals surface area contributed by atoms with E-state index in [1.165, 1.54) is 36.6 Å². The number of nitrogens with zero attached hydrogens (tertiary/aromatic N) is 2. The Hall–Kier alpha value is -2.46. The van der Waals surface area contributed by atoms with Gasteiger partial charge in [-0.05, 0) is 55.8 Å². The van der Waals surface area contributed by atoms with Crippen LogP contribution in [-0.4, -0.2) is 24.9 Å². The van der Waals surface area contributed by atoms with Gasteiger partial charge in [-0.1, -0.05) is 22.9 Å². The molecule has 0 aliphatic heterocycles. The summed E-state index contributed by atoms with van der Waals surface area (Å²) >= 11 is 7.51. The predicted molar refractivity (Wildman–Crippen MR) is 120 cm³/mol. The second kappa shape index (κ2) is 8.23. The van der Waals surface area contributed by atoms with Gasteiger partial charge in [0.15, 0.2) is 4.96 Å². The van der Waals surface area contributed by atoms with E-state index in [0.29, 0.717) is 11.3 Å². The van der Waals surface area contributed by atoms with Gasteiger partial charge in [0, 0.05) is 28.9 Å². The minimum absolute atomic E-state index is 0.107. The van der Waals surface area contributed by atoms with Crippen molar-refractivity contribution in [3.63, 3.8) is 0 Å². The van der Waals surface area contributed by atoms with Crippen molar-refractivity contribution in [2.45, 2.75) is 25.3 Å². The summed E-state index contributed by atoms with van der Waals surface area (Å²) in [6.45, 7) is 3.71. The molecule has 0 saturated heterocycles. The largest absolute Gasteiger partial charge is 0.495 e. The van der Waals surface area contributed by atoms with E-state index < -0.39 is 10.0 Å². The minimum atomic E-state index is -3.78. The molecule has 4 aromatic rings. The second-order valence-electron chi connectivity index (χ2n) is 6.97. The first-order valence-electron chi connectivity index (χ1n) is 9.26. The molecular formula is C21H19ClFN3O3S2. The molecule has 10 heteroatoms. The molecule has 2 aromatic carbocycles. The lowest BCUT2D eigenvalue weighted by atomic mass is 10.2. The van der Waals surface area contributed by atoms with Gasteiger partial charge in [0.05, 0.1) is 22.7 Å². The lowest BCUT2D eigenvalue weighted by Crippen LogP contribution is -2.24. The fourth-order valence-corrected chi connectivity index (χ4v) is 5.92. The highest BCUT2D eigenvalue weighted by Crippen LogP contribution is 2.31. The van der Waals surface area contributed by atoms with E-state index in [4.69, 9.17) is 16.3 Å². The second-order valence-corrected chi connectivity index (χ2v) is 10.2. The lowest BCUT2D eigenvalue weighted by Gasteiger charge is -2.12. The summed E-state index contributed by atoms with van der Waals surface area (Å²) in [7, 11) is -2.30. The highest BCUT2D eigenvalue weighted by Gasteiger charge is 2.21. The number of thiazole rings is 1. The Balaban J connectivity index is 1.58. The summed E-state index contributed by atoms with van der Waals surface area (Å²) in [6, 6.07) is 9.12. The van der Waals surface area contributed by atoms with Crippen LogP contribution in [0.15, 0.2) is 47.5 Å². The van der Waals surface area contributed by atoms with Crippen LogP contribution < -0.4 is 9.46 Å². The van der Waals surface area contributed by atoms with Crippen LogP contribution in [-0.2, 0) is 16.6 Å². The maximum atomic E-state index is 13.2. The third-order valence-electron chi connectivity index (χ3n) is 4.95. The Morgan fingerprint density at radius 2 is 1.94 bits per heavy atom. The van der Waals surface area contributed by atoms with Crippen LogP contribution in [0.3, 0.4) is 0 Å². The fraction of sp³-hybridized carbons (Fsp3) is 0.190. The van der Waals surface area contributed by atoms with Crippen molar-refractivity contribution >= 4 is 37.9 Å². The zero-order chi connectivity index (χ0) is 22.3. The van der Waals surface area contributed by atoms with Crippen molar-refractivity contribution in [1.82, 2.24) is 14.1 Å². The first-order valence-corrected chi connectivity index (χ1v) is 11.9. The van der Waals surface area contributed by atoms with E-state index in [9.17, 15) is 12.8 Å². The van der Waals surface area contributed by atoms with Crippen LogP contribution in [0.1, 0.15) is 16.1 Å². The van der Waals surface area contributed by atoms with Crippen LogP contribution in [0.5, 0.6) is 5.75 Å². The number of ether oxygens (including phenoxy) is 1. The number of sulfonamides is 1. The summed E-state index contributed by atoms with van der Waals surface area (Å²) in [5.74, 6) is 0.120. The van der Waals surface area contributed by atoms with Gasteiger partial charge in [-0.2, -0.15) is 0 Å². The Morgan fingerprint density at radius 3 is 2.58 bits per heavy atom. The van der Waals surface area contributed by atoms with Gasteiger partial charge in [0.1, 0.15) is 11.6 Å². The van der Waals surface area contributed by atoms with Crippen LogP contribution >= 0.6 is 22.9 Å². The molecule has 0 spiro atoms. The van der Waals surface area contributed by atoms with Crippen molar-refractivity contribution in [1.29, 1.82) is 0 Å². The molecule has 1 N–H and O–H groups in total. The fourth-order valence-electron chi connectivity index (χ4n) is 3.24. The number of halogens is 2. The summed E-state index contributed by atoms with van der Waals surface area (Å²) in [5.41, 5.74) is 2.96. The lowest BCUT2D eigenvalue weighted by molar-refractivity contribution is 0.414. The molecule has 0 radical (unpaired) electrons. The molecule has 0 atom stereocenters. The number of methoxy groups -OCH3 is 1. The third kappa shape index (κ3) is 4.18. The van der Waals surface area contributed by atoms with Gasteiger partial charge in [0.25, 0.3) is 0 Å². The van der Waals surface area contributed by atoms with E-state index >= 15 is 0 Å². The molecule has 2 heterocycles. The van der Waals surface area contributed by atoms with E-state index in [0.717, 1.165) is 26.8 Å². The van der Waals surface area contributed by atoms with Crippen molar-refractivity contribution in [2.75, 3.05) is 7.11 Å². The molecule has 6 nitrogen and oxygen atoms in total. The number of aryl methyl sites for hydroxylation is 2. The number of aromatic nitrogens is 2. The molecule has 0 saturated carbocycles. The zero-order valence-corrected chi connectivity index (χ0v) is 19.3. The molecule has 162 valence electrons. The number of hydrogen-bond donors (Lipinski definition) is 1. The topological polar surface area (TPSA) is 72.7 Å². The maximum Gasteiger partial charge on any atom is 0.241 e. The van der Waals surface area contributed by atoms with Crippen molar-refractivity contribution in [2.24, 2.45) is 0 Å². The first-order chi connectivity index (χ1) is 14.7. The minimum Gasteiger partial charge on any atom is -0.495 e. The molecule has 0 bridgehead atoms. The Kier molecular flexibility index (Phi) is 5.78. The summed E-state index contributed by atoms with van der Waals surface area (Å²) in [4.78, 5) is 6.27. The highest BCUT2D eigenvalue weighted by atomic mass is 35.5. The number of fused-ring (bicyclic) bond motifs is 1. The van der Waals surface area contributed by atoms with Crippen LogP contribution in [0.2, 0.25) is 5.02 Å². The molecule has 0 amide bonds. The maximum absolute atomic E-state index is 13.2. The molecular weight excluding hydrogens is 461 g/mol. The van der Waals surface area contributed by atoms with Gasteiger partial charge in [-0.3, -0.25) is 4.40 Å².